The Morgan fingerprint density at radius 1 is 1.53 bits per heavy atom. The van der Waals surface area contributed by atoms with Gasteiger partial charge >= 0.3 is 5.97 Å². The minimum Gasteiger partial charge on any atom is -0.481 e. The lowest BCUT2D eigenvalue weighted by Gasteiger charge is -2.37. The third kappa shape index (κ3) is 4.18. The molecular weight excluding hydrogens is 192 g/mol. The summed E-state index contributed by atoms with van der Waals surface area (Å²) >= 11 is 0. The molecule has 1 heterocycles. The van der Waals surface area contributed by atoms with Gasteiger partial charge < -0.3 is 15.3 Å². The lowest BCUT2D eigenvalue weighted by molar-refractivity contribution is -0.138. The number of hydrogen-bond acceptors (Lipinski definition) is 3. The Labute approximate surface area is 91.6 Å². The van der Waals surface area contributed by atoms with Gasteiger partial charge in [-0.1, -0.05) is 6.92 Å². The second-order valence-corrected chi connectivity index (χ2v) is 4.44. The molecule has 0 amide bonds. The van der Waals surface area contributed by atoms with Crippen molar-refractivity contribution in [3.05, 3.63) is 0 Å². The highest BCUT2D eigenvalue weighted by molar-refractivity contribution is 5.67. The predicted octanol–water partition coefficient (Wildman–Crippen LogP) is 0.781. The molecule has 4 nitrogen and oxygen atoms in total. The molecule has 0 aromatic rings. The number of nitrogens with one attached hydrogen (secondary N) is 1. The first kappa shape index (κ1) is 12.5. The van der Waals surface area contributed by atoms with Crippen molar-refractivity contribution in [3.63, 3.8) is 0 Å². The summed E-state index contributed by atoms with van der Waals surface area (Å²) < 4.78 is 0. The highest BCUT2D eigenvalue weighted by Gasteiger charge is 2.27. The molecule has 1 saturated heterocycles. The van der Waals surface area contributed by atoms with Gasteiger partial charge in [0.25, 0.3) is 0 Å². The minimum atomic E-state index is -0.673. The van der Waals surface area contributed by atoms with Crippen LogP contribution in [0.25, 0.3) is 0 Å². The molecule has 0 aromatic heterocycles. The van der Waals surface area contributed by atoms with Gasteiger partial charge in [0, 0.05) is 25.6 Å². The maximum atomic E-state index is 10.7. The van der Waals surface area contributed by atoms with Gasteiger partial charge in [0.05, 0.1) is 0 Å². The molecule has 1 rings (SSSR count). The summed E-state index contributed by atoms with van der Waals surface area (Å²) in [5, 5.41) is 12.1. The molecule has 1 aliphatic rings. The van der Waals surface area contributed by atoms with Crippen LogP contribution in [0.5, 0.6) is 0 Å². The molecule has 1 aliphatic heterocycles. The maximum Gasteiger partial charge on any atom is 0.303 e. The molecule has 2 N–H and O–H groups in total. The number of likely N-dealkylation sites (tertiary alicyclic amines) is 1. The molecule has 4 heteroatoms. The van der Waals surface area contributed by atoms with Gasteiger partial charge in [-0.05, 0) is 32.4 Å². The average Bonchev–Trinajstić information content (AvgIpc) is 2.16. The Morgan fingerprint density at radius 3 is 2.80 bits per heavy atom. The van der Waals surface area contributed by atoms with E-state index in [-0.39, 0.29) is 0 Å². The van der Waals surface area contributed by atoms with Crippen molar-refractivity contribution < 1.29 is 9.90 Å². The molecule has 2 atom stereocenters. The van der Waals surface area contributed by atoms with E-state index in [0.717, 1.165) is 32.5 Å². The fourth-order valence-electron chi connectivity index (χ4n) is 2.41. The summed E-state index contributed by atoms with van der Waals surface area (Å²) in [5.74, 6) is -0.367. The molecule has 0 bridgehead atoms. The Bertz CT molecular complexity index is 209. The van der Waals surface area contributed by atoms with Crippen LogP contribution in [0.1, 0.15) is 26.2 Å². The number of carboxylic acid groups (broad SMARTS) is 1. The predicted molar refractivity (Wildman–Crippen MR) is 59.9 cm³/mol. The molecular formula is C11H22N2O2. The number of carbonyl (C=O) groups is 1. The lowest BCUT2D eigenvalue weighted by Crippen LogP contribution is -2.48. The molecule has 0 radical (unpaired) electrons. The SMILES string of the molecule is CCCN1CC(CC(=O)O)CC(NC)C1. The van der Waals surface area contributed by atoms with Gasteiger partial charge in [0.1, 0.15) is 0 Å². The molecule has 1 fully saturated rings. The number of piperidine rings is 1. The third-order valence-corrected chi connectivity index (χ3v) is 3.02. The van der Waals surface area contributed by atoms with E-state index in [1.807, 2.05) is 7.05 Å². The van der Waals surface area contributed by atoms with Crippen molar-refractivity contribution >= 4 is 5.97 Å². The topological polar surface area (TPSA) is 52.6 Å². The van der Waals surface area contributed by atoms with Crippen molar-refractivity contribution in [1.82, 2.24) is 10.2 Å². The number of nitrogens with zero attached hydrogens (tertiary/aromatic N) is 1. The molecule has 88 valence electrons. The van der Waals surface area contributed by atoms with Gasteiger partial charge in [-0.25, -0.2) is 0 Å². The zero-order chi connectivity index (χ0) is 11.3. The van der Waals surface area contributed by atoms with Crippen molar-refractivity contribution in [2.24, 2.45) is 5.92 Å². The van der Waals surface area contributed by atoms with Crippen molar-refractivity contribution in [2.45, 2.75) is 32.2 Å². The molecule has 0 aromatic carbocycles. The molecule has 2 unspecified atom stereocenters. The van der Waals surface area contributed by atoms with E-state index in [2.05, 4.69) is 17.1 Å². The maximum absolute atomic E-state index is 10.7. The van der Waals surface area contributed by atoms with Gasteiger partial charge in [-0.3, -0.25) is 4.79 Å². The number of hydrogen-bond donors (Lipinski definition) is 2. The van der Waals surface area contributed by atoms with Crippen LogP contribution in [0.15, 0.2) is 0 Å². The number of carboxylic acids is 1. The van der Waals surface area contributed by atoms with Gasteiger partial charge in [0.2, 0.25) is 0 Å². The first-order valence-electron chi connectivity index (χ1n) is 5.77. The van der Waals surface area contributed by atoms with Crippen LogP contribution in [-0.2, 0) is 4.79 Å². The summed E-state index contributed by atoms with van der Waals surface area (Å²) in [4.78, 5) is 13.1. The molecule has 15 heavy (non-hydrogen) atoms. The van der Waals surface area contributed by atoms with E-state index >= 15 is 0 Å². The van der Waals surface area contributed by atoms with E-state index in [4.69, 9.17) is 5.11 Å². The second-order valence-electron chi connectivity index (χ2n) is 4.44. The van der Waals surface area contributed by atoms with E-state index in [9.17, 15) is 4.79 Å². The summed E-state index contributed by atoms with van der Waals surface area (Å²) in [6.45, 7) is 5.24. The largest absolute Gasteiger partial charge is 0.481 e. The monoisotopic (exact) mass is 214 g/mol. The highest BCUT2D eigenvalue weighted by atomic mass is 16.4. The van der Waals surface area contributed by atoms with Gasteiger partial charge in [0.15, 0.2) is 0 Å². The molecule has 0 aliphatic carbocycles. The molecule has 0 saturated carbocycles. The number of aliphatic carboxylic acids is 1. The standard InChI is InChI=1S/C11H22N2O2/c1-3-4-13-7-9(6-11(14)15)5-10(8-13)12-2/h9-10,12H,3-8H2,1-2H3,(H,14,15). The van der Waals surface area contributed by atoms with Crippen LogP contribution < -0.4 is 5.32 Å². The van der Waals surface area contributed by atoms with Crippen LogP contribution in [0.4, 0.5) is 0 Å². The van der Waals surface area contributed by atoms with Crippen LogP contribution in [0.2, 0.25) is 0 Å². The smallest absolute Gasteiger partial charge is 0.303 e. The van der Waals surface area contributed by atoms with Crippen LogP contribution >= 0.6 is 0 Å². The number of likely N-dealkylation sites (N-methyl/N-ethyl adjacent to an activating group) is 1. The first-order valence-corrected chi connectivity index (χ1v) is 5.77. The zero-order valence-electron chi connectivity index (χ0n) is 9.70. The van der Waals surface area contributed by atoms with Gasteiger partial charge in [-0.2, -0.15) is 0 Å². The third-order valence-electron chi connectivity index (χ3n) is 3.02. The Morgan fingerprint density at radius 2 is 2.27 bits per heavy atom. The Balaban J connectivity index is 2.46. The van der Waals surface area contributed by atoms with E-state index in [0.29, 0.717) is 18.4 Å². The van der Waals surface area contributed by atoms with Crippen molar-refractivity contribution in [3.8, 4) is 0 Å². The van der Waals surface area contributed by atoms with Crippen molar-refractivity contribution in [1.29, 1.82) is 0 Å². The van der Waals surface area contributed by atoms with Crippen LogP contribution in [0, 0.1) is 5.92 Å². The summed E-state index contributed by atoms with van der Waals surface area (Å²) in [5.41, 5.74) is 0. The minimum absolute atomic E-state index is 0.304. The Kier molecular flexibility index (Phi) is 5.05. The van der Waals surface area contributed by atoms with Gasteiger partial charge in [-0.15, -0.1) is 0 Å². The fraction of sp³-hybridized carbons (Fsp3) is 0.909. The first-order chi connectivity index (χ1) is 7.15. The Hall–Kier alpha value is -0.610. The van der Waals surface area contributed by atoms with Crippen LogP contribution in [0.3, 0.4) is 0 Å². The average molecular weight is 214 g/mol. The summed E-state index contributed by atoms with van der Waals surface area (Å²) in [6.07, 6.45) is 2.43. The van der Waals surface area contributed by atoms with E-state index < -0.39 is 5.97 Å². The van der Waals surface area contributed by atoms with Crippen LogP contribution in [-0.4, -0.2) is 48.7 Å². The normalized spacial score (nSPS) is 27.9. The second kappa shape index (κ2) is 6.08. The summed E-state index contributed by atoms with van der Waals surface area (Å²) in [7, 11) is 1.96. The zero-order valence-corrected chi connectivity index (χ0v) is 9.70. The van der Waals surface area contributed by atoms with E-state index in [1.165, 1.54) is 0 Å². The van der Waals surface area contributed by atoms with E-state index in [1.54, 1.807) is 0 Å². The quantitative estimate of drug-likeness (QED) is 0.710. The van der Waals surface area contributed by atoms with Crippen molar-refractivity contribution in [2.75, 3.05) is 26.7 Å². The highest BCUT2D eigenvalue weighted by Crippen LogP contribution is 2.20. The fourth-order valence-corrected chi connectivity index (χ4v) is 2.41. The molecule has 0 spiro atoms. The summed E-state index contributed by atoms with van der Waals surface area (Å²) in [6, 6.07) is 0.453. The number of rotatable bonds is 5. The lowest BCUT2D eigenvalue weighted by atomic mass is 9.91.